The van der Waals surface area contributed by atoms with Gasteiger partial charge in [-0.2, -0.15) is 0 Å². The number of hydrogen-bond acceptors (Lipinski definition) is 4. The summed E-state index contributed by atoms with van der Waals surface area (Å²) in [6, 6.07) is 7.23. The number of anilines is 1. The maximum absolute atomic E-state index is 12.8. The third-order valence-corrected chi connectivity index (χ3v) is 6.26. The molecule has 1 aromatic rings. The molecule has 27 heavy (non-hydrogen) atoms. The fraction of sp³-hybridized carbons (Fsp3) is 0.476. The Bertz CT molecular complexity index is 751. The van der Waals surface area contributed by atoms with Crippen LogP contribution in [0.4, 0.5) is 10.5 Å². The van der Waals surface area contributed by atoms with Crippen LogP contribution in [0.5, 0.6) is 0 Å². The van der Waals surface area contributed by atoms with Gasteiger partial charge in [0.1, 0.15) is 0 Å². The molecule has 1 saturated heterocycles. The largest absolute Gasteiger partial charge is 0.326 e. The average molecular weight is 387 g/mol. The van der Waals surface area contributed by atoms with Gasteiger partial charge in [0.25, 0.3) is 11.1 Å². The molecule has 1 N–H and O–H groups in total. The highest BCUT2D eigenvalue weighted by molar-refractivity contribution is 8.18. The molecule has 1 atom stereocenters. The Morgan fingerprint density at radius 2 is 1.89 bits per heavy atom. The molecule has 1 aromatic carbocycles. The van der Waals surface area contributed by atoms with Gasteiger partial charge < -0.3 is 5.32 Å². The van der Waals surface area contributed by atoms with E-state index in [4.69, 9.17) is 0 Å². The van der Waals surface area contributed by atoms with Crippen LogP contribution in [0.3, 0.4) is 0 Å². The van der Waals surface area contributed by atoms with E-state index in [0.29, 0.717) is 17.2 Å². The van der Waals surface area contributed by atoms with E-state index in [0.717, 1.165) is 35.9 Å². The third kappa shape index (κ3) is 4.61. The summed E-state index contributed by atoms with van der Waals surface area (Å²) in [5.41, 5.74) is 1.55. The molecule has 0 spiro atoms. The first-order valence-corrected chi connectivity index (χ1v) is 10.5. The number of amides is 3. The maximum atomic E-state index is 12.8. The molecule has 3 rings (SSSR count). The zero-order valence-electron chi connectivity index (χ0n) is 15.9. The number of thioether (sulfide) groups is 1. The van der Waals surface area contributed by atoms with Gasteiger partial charge in [-0.15, -0.1) is 0 Å². The summed E-state index contributed by atoms with van der Waals surface area (Å²) in [6.07, 6.45) is 7.97. The highest BCUT2D eigenvalue weighted by Crippen LogP contribution is 2.38. The zero-order chi connectivity index (χ0) is 19.4. The van der Waals surface area contributed by atoms with Gasteiger partial charge in [0.2, 0.25) is 5.91 Å². The molecular formula is C21H26N2O3S. The summed E-state index contributed by atoms with van der Waals surface area (Å²) in [4.78, 5) is 38.6. The van der Waals surface area contributed by atoms with E-state index in [1.54, 1.807) is 25.1 Å². The molecule has 1 aliphatic heterocycles. The molecule has 6 heteroatoms. The Morgan fingerprint density at radius 1 is 1.22 bits per heavy atom. The minimum Gasteiger partial charge on any atom is -0.326 e. The van der Waals surface area contributed by atoms with Crippen molar-refractivity contribution in [1.82, 2.24) is 4.90 Å². The van der Waals surface area contributed by atoms with Crippen molar-refractivity contribution in [3.05, 3.63) is 34.7 Å². The smallest absolute Gasteiger partial charge is 0.293 e. The van der Waals surface area contributed by atoms with E-state index >= 15 is 0 Å². The van der Waals surface area contributed by atoms with Gasteiger partial charge in [-0.25, -0.2) is 0 Å². The Balaban J connectivity index is 1.71. The Morgan fingerprint density at radius 3 is 2.52 bits per heavy atom. The van der Waals surface area contributed by atoms with E-state index in [2.05, 4.69) is 5.32 Å². The average Bonchev–Trinajstić information content (AvgIpc) is 2.96. The number of benzene rings is 1. The second-order valence-electron chi connectivity index (χ2n) is 7.21. The normalized spacial score (nSPS) is 21.0. The standard InChI is InChI=1S/C21H26N2O3S/c1-3-19(24)22-17-11-9-15(10-12-17)13-18-20(25)23(21(26)27-18)14(2)16-7-5-4-6-8-16/h9-14,16H,3-8H2,1-2H3,(H,22,24)/b18-13-. The van der Waals surface area contributed by atoms with Gasteiger partial charge in [0.15, 0.2) is 0 Å². The summed E-state index contributed by atoms with van der Waals surface area (Å²) < 4.78 is 0. The molecule has 1 unspecified atom stereocenters. The quantitative estimate of drug-likeness (QED) is 0.720. The number of nitrogens with one attached hydrogen (secondary N) is 1. The molecular weight excluding hydrogens is 360 g/mol. The van der Waals surface area contributed by atoms with Crippen LogP contribution in [0.15, 0.2) is 29.2 Å². The molecule has 0 bridgehead atoms. The zero-order valence-corrected chi connectivity index (χ0v) is 16.7. The lowest BCUT2D eigenvalue weighted by atomic mass is 9.84. The van der Waals surface area contributed by atoms with Gasteiger partial charge in [0, 0.05) is 18.2 Å². The van der Waals surface area contributed by atoms with E-state index in [9.17, 15) is 14.4 Å². The molecule has 1 aliphatic carbocycles. The second kappa shape index (κ2) is 8.74. The van der Waals surface area contributed by atoms with Crippen LogP contribution >= 0.6 is 11.8 Å². The van der Waals surface area contributed by atoms with Crippen molar-refractivity contribution in [2.45, 2.75) is 58.4 Å². The van der Waals surface area contributed by atoms with Gasteiger partial charge >= 0.3 is 0 Å². The van der Waals surface area contributed by atoms with Crippen molar-refractivity contribution in [2.24, 2.45) is 5.92 Å². The molecule has 1 heterocycles. The Hall–Kier alpha value is -2.08. The minimum atomic E-state index is -0.188. The molecule has 2 aliphatic rings. The summed E-state index contributed by atoms with van der Waals surface area (Å²) in [5.74, 6) is 0.181. The van der Waals surface area contributed by atoms with Gasteiger partial charge in [0.05, 0.1) is 4.91 Å². The predicted octanol–water partition coefficient (Wildman–Crippen LogP) is 5.04. The summed E-state index contributed by atoms with van der Waals surface area (Å²) in [7, 11) is 0. The second-order valence-corrected chi connectivity index (χ2v) is 8.21. The van der Waals surface area contributed by atoms with Crippen molar-refractivity contribution in [3.8, 4) is 0 Å². The van der Waals surface area contributed by atoms with Crippen LogP contribution in [0.1, 0.15) is 57.9 Å². The van der Waals surface area contributed by atoms with Gasteiger partial charge in [-0.3, -0.25) is 19.3 Å². The lowest BCUT2D eigenvalue weighted by molar-refractivity contribution is -0.125. The molecule has 1 saturated carbocycles. The Labute approximate surface area is 164 Å². The number of nitrogens with zero attached hydrogens (tertiary/aromatic N) is 1. The highest BCUT2D eigenvalue weighted by Gasteiger charge is 2.40. The monoisotopic (exact) mass is 386 g/mol. The topological polar surface area (TPSA) is 66.5 Å². The molecule has 2 fully saturated rings. The van der Waals surface area contributed by atoms with Crippen molar-refractivity contribution in [3.63, 3.8) is 0 Å². The third-order valence-electron chi connectivity index (χ3n) is 5.38. The molecule has 0 radical (unpaired) electrons. The van der Waals surface area contributed by atoms with E-state index < -0.39 is 0 Å². The first-order chi connectivity index (χ1) is 13.0. The SMILES string of the molecule is CCC(=O)Nc1ccc(/C=C2\SC(=O)N(C(C)C3CCCCC3)C2=O)cc1. The summed E-state index contributed by atoms with van der Waals surface area (Å²) in [6.45, 7) is 3.80. The highest BCUT2D eigenvalue weighted by atomic mass is 32.2. The first-order valence-electron chi connectivity index (χ1n) is 9.66. The number of rotatable bonds is 5. The summed E-state index contributed by atoms with van der Waals surface area (Å²) >= 11 is 1.02. The van der Waals surface area contributed by atoms with Crippen LogP contribution in [0, 0.1) is 5.92 Å². The van der Waals surface area contributed by atoms with Crippen molar-refractivity contribution in [1.29, 1.82) is 0 Å². The maximum Gasteiger partial charge on any atom is 0.293 e. The van der Waals surface area contributed by atoms with Gasteiger partial charge in [-0.1, -0.05) is 38.3 Å². The van der Waals surface area contributed by atoms with E-state index in [1.807, 2.05) is 19.1 Å². The number of hydrogen-bond donors (Lipinski definition) is 1. The molecule has 3 amide bonds. The van der Waals surface area contributed by atoms with Crippen LogP contribution in [-0.4, -0.2) is 28.0 Å². The number of carbonyl (C=O) groups is 3. The Kier molecular flexibility index (Phi) is 6.37. The van der Waals surface area contributed by atoms with Crippen molar-refractivity contribution < 1.29 is 14.4 Å². The lowest BCUT2D eigenvalue weighted by Gasteiger charge is -2.32. The molecule has 5 nitrogen and oxygen atoms in total. The first kappa shape index (κ1) is 19.7. The molecule has 144 valence electrons. The van der Waals surface area contributed by atoms with Crippen LogP contribution in [-0.2, 0) is 9.59 Å². The number of imide groups is 1. The summed E-state index contributed by atoms with van der Waals surface area (Å²) in [5, 5.41) is 2.62. The van der Waals surface area contributed by atoms with Gasteiger partial charge in [-0.05, 0) is 61.2 Å². The minimum absolute atomic E-state index is 0.0411. The predicted molar refractivity (Wildman–Crippen MR) is 109 cm³/mol. The van der Waals surface area contributed by atoms with E-state index in [-0.39, 0.29) is 23.1 Å². The van der Waals surface area contributed by atoms with E-state index in [1.165, 1.54) is 24.2 Å². The molecule has 0 aromatic heterocycles. The number of carbonyl (C=O) groups excluding carboxylic acids is 3. The fourth-order valence-electron chi connectivity index (χ4n) is 3.72. The van der Waals surface area contributed by atoms with Crippen LogP contribution in [0.25, 0.3) is 6.08 Å². The van der Waals surface area contributed by atoms with Crippen molar-refractivity contribution >= 4 is 40.6 Å². The van der Waals surface area contributed by atoms with Crippen LogP contribution in [0.2, 0.25) is 0 Å². The van der Waals surface area contributed by atoms with Crippen LogP contribution < -0.4 is 5.32 Å². The van der Waals surface area contributed by atoms with Crippen molar-refractivity contribution in [2.75, 3.05) is 5.32 Å². The fourth-order valence-corrected chi connectivity index (χ4v) is 4.64. The lowest BCUT2D eigenvalue weighted by Crippen LogP contribution is -2.42.